The van der Waals surface area contributed by atoms with Gasteiger partial charge < -0.3 is 0 Å². The third kappa shape index (κ3) is 15.5. The van der Waals surface area contributed by atoms with Gasteiger partial charge in [-0.25, -0.2) is 0 Å². The van der Waals surface area contributed by atoms with Gasteiger partial charge in [0.25, 0.3) is 0 Å². The quantitative estimate of drug-likeness (QED) is 0.234. The lowest BCUT2D eigenvalue weighted by atomic mass is 10.1. The number of hydrogen-bond donors (Lipinski definition) is 0. The molecule has 0 rings (SSSR count). The van der Waals surface area contributed by atoms with Gasteiger partial charge in [-0.05, 0) is 32.1 Å². The second-order valence-corrected chi connectivity index (χ2v) is 5.31. The minimum Gasteiger partial charge on any atom is -0.103 e. The molecule has 0 atom stereocenters. The van der Waals surface area contributed by atoms with Crippen LogP contribution in [0, 0.1) is 0 Å². The Morgan fingerprint density at radius 2 is 1.06 bits per heavy atom. The Hall–Kier alpha value is -0.520. The van der Waals surface area contributed by atoms with Crippen LogP contribution in [-0.4, -0.2) is 0 Å². The summed E-state index contributed by atoms with van der Waals surface area (Å²) in [6.45, 7) is 6.01. The van der Waals surface area contributed by atoms with Gasteiger partial charge in [-0.1, -0.05) is 76.5 Å². The average Bonchev–Trinajstić information content (AvgIpc) is 2.39. The molecule has 0 N–H and O–H groups in total. The maximum atomic E-state index is 3.75. The Kier molecular flexibility index (Phi) is 16.0. The average molecular weight is 250 g/mol. The summed E-state index contributed by atoms with van der Waals surface area (Å²) in [6, 6.07) is 0. The monoisotopic (exact) mass is 250 g/mol. The summed E-state index contributed by atoms with van der Waals surface area (Å²) in [4.78, 5) is 0. The molecule has 0 saturated heterocycles. The van der Waals surface area contributed by atoms with Crippen molar-refractivity contribution in [2.24, 2.45) is 0 Å². The Bertz CT molecular complexity index is 178. The van der Waals surface area contributed by atoms with E-state index in [9.17, 15) is 0 Å². The molecule has 0 heterocycles. The fourth-order valence-electron chi connectivity index (χ4n) is 2.17. The molecule has 0 unspecified atom stereocenters. The molecule has 0 aromatic heterocycles. The van der Waals surface area contributed by atoms with Crippen molar-refractivity contribution < 1.29 is 0 Å². The molecule has 0 saturated carbocycles. The zero-order valence-corrected chi connectivity index (χ0v) is 12.6. The molecule has 0 bridgehead atoms. The third-order valence-electron chi connectivity index (χ3n) is 3.42. The van der Waals surface area contributed by atoms with Gasteiger partial charge in [0.05, 0.1) is 0 Å². The smallest absolute Gasteiger partial charge is 0.0351 e. The van der Waals surface area contributed by atoms with Crippen molar-refractivity contribution >= 4 is 0 Å². The van der Waals surface area contributed by atoms with Gasteiger partial charge in [0.1, 0.15) is 0 Å². The lowest BCUT2D eigenvalue weighted by Gasteiger charge is -2.00. The Morgan fingerprint density at radius 1 is 0.611 bits per heavy atom. The van der Waals surface area contributed by atoms with E-state index >= 15 is 0 Å². The summed E-state index contributed by atoms with van der Waals surface area (Å²) >= 11 is 0. The SMILES string of the molecule is C=CCCCCCCCCCCC=CCCCC. The normalized spacial score (nSPS) is 11.2. The summed E-state index contributed by atoms with van der Waals surface area (Å²) in [6.07, 6.45) is 24.5. The second-order valence-electron chi connectivity index (χ2n) is 5.31. The molecule has 0 radical (unpaired) electrons. The highest BCUT2D eigenvalue weighted by Crippen LogP contribution is 2.11. The molecule has 18 heavy (non-hydrogen) atoms. The van der Waals surface area contributed by atoms with Crippen molar-refractivity contribution in [3.8, 4) is 0 Å². The van der Waals surface area contributed by atoms with Crippen LogP contribution in [0.3, 0.4) is 0 Å². The van der Waals surface area contributed by atoms with Crippen LogP contribution in [0.1, 0.15) is 90.4 Å². The van der Waals surface area contributed by atoms with Crippen LogP contribution in [-0.2, 0) is 0 Å². The van der Waals surface area contributed by atoms with Crippen LogP contribution in [0.5, 0.6) is 0 Å². The van der Waals surface area contributed by atoms with Crippen molar-refractivity contribution in [3.05, 3.63) is 24.8 Å². The maximum Gasteiger partial charge on any atom is -0.0351 e. The van der Waals surface area contributed by atoms with Gasteiger partial charge in [0, 0.05) is 0 Å². The number of hydrogen-bond acceptors (Lipinski definition) is 0. The lowest BCUT2D eigenvalue weighted by molar-refractivity contribution is 0.571. The maximum absolute atomic E-state index is 3.75. The van der Waals surface area contributed by atoms with Gasteiger partial charge in [-0.2, -0.15) is 0 Å². The minimum atomic E-state index is 1.20. The van der Waals surface area contributed by atoms with E-state index in [4.69, 9.17) is 0 Å². The van der Waals surface area contributed by atoms with Gasteiger partial charge in [0.15, 0.2) is 0 Å². The molecule has 0 spiro atoms. The molecule has 0 aromatic rings. The Balaban J connectivity index is 2.98. The molecule has 0 aliphatic rings. The number of unbranched alkanes of at least 4 members (excludes halogenated alkanes) is 11. The van der Waals surface area contributed by atoms with E-state index in [1.807, 2.05) is 6.08 Å². The van der Waals surface area contributed by atoms with Crippen LogP contribution in [0.2, 0.25) is 0 Å². The van der Waals surface area contributed by atoms with Gasteiger partial charge in [0.2, 0.25) is 0 Å². The zero-order chi connectivity index (χ0) is 13.3. The van der Waals surface area contributed by atoms with Crippen molar-refractivity contribution in [2.75, 3.05) is 0 Å². The van der Waals surface area contributed by atoms with Crippen molar-refractivity contribution in [1.82, 2.24) is 0 Å². The first-order valence-electron chi connectivity index (χ1n) is 8.17. The van der Waals surface area contributed by atoms with Crippen LogP contribution in [0.25, 0.3) is 0 Å². The summed E-state index contributed by atoms with van der Waals surface area (Å²) in [5.41, 5.74) is 0. The van der Waals surface area contributed by atoms with E-state index in [-0.39, 0.29) is 0 Å². The highest BCUT2D eigenvalue weighted by molar-refractivity contribution is 4.81. The Morgan fingerprint density at radius 3 is 1.56 bits per heavy atom. The number of rotatable bonds is 14. The standard InChI is InChI=1S/C18H34/c1-3-5-7-9-11-13-15-17-18-16-14-12-10-8-6-4-2/h3,10,12H,1,4-9,11,13-18H2,2H3. The molecule has 106 valence electrons. The van der Waals surface area contributed by atoms with Crippen molar-refractivity contribution in [3.63, 3.8) is 0 Å². The summed E-state index contributed by atoms with van der Waals surface area (Å²) < 4.78 is 0. The molecule has 0 aromatic carbocycles. The number of allylic oxidation sites excluding steroid dienone is 3. The van der Waals surface area contributed by atoms with E-state index in [0.29, 0.717) is 0 Å². The molecular formula is C18H34. The first-order chi connectivity index (χ1) is 8.91. The molecule has 0 heteroatoms. The largest absolute Gasteiger partial charge is 0.103 e. The topological polar surface area (TPSA) is 0 Å². The highest BCUT2D eigenvalue weighted by Gasteiger charge is 1.91. The second kappa shape index (κ2) is 16.5. The third-order valence-corrected chi connectivity index (χ3v) is 3.42. The van der Waals surface area contributed by atoms with Crippen LogP contribution in [0.15, 0.2) is 24.8 Å². The highest BCUT2D eigenvalue weighted by atomic mass is 14.0. The predicted molar refractivity (Wildman–Crippen MR) is 85.0 cm³/mol. The van der Waals surface area contributed by atoms with Crippen molar-refractivity contribution in [1.29, 1.82) is 0 Å². The van der Waals surface area contributed by atoms with Crippen LogP contribution >= 0.6 is 0 Å². The van der Waals surface area contributed by atoms with E-state index in [1.165, 1.54) is 83.5 Å². The minimum absolute atomic E-state index is 1.20. The molecule has 0 nitrogen and oxygen atoms in total. The van der Waals surface area contributed by atoms with E-state index in [2.05, 4.69) is 25.7 Å². The molecule has 0 amide bonds. The summed E-state index contributed by atoms with van der Waals surface area (Å²) in [5.74, 6) is 0. The molecule has 0 aliphatic heterocycles. The Labute approximate surface area is 116 Å². The first-order valence-corrected chi connectivity index (χ1v) is 8.17. The summed E-state index contributed by atoms with van der Waals surface area (Å²) in [5, 5.41) is 0. The lowest BCUT2D eigenvalue weighted by Crippen LogP contribution is -1.81. The van der Waals surface area contributed by atoms with Gasteiger partial charge in [-0.3, -0.25) is 0 Å². The van der Waals surface area contributed by atoms with Gasteiger partial charge in [-0.15, -0.1) is 6.58 Å². The van der Waals surface area contributed by atoms with Crippen LogP contribution < -0.4 is 0 Å². The van der Waals surface area contributed by atoms with Gasteiger partial charge >= 0.3 is 0 Å². The zero-order valence-electron chi connectivity index (χ0n) is 12.6. The van der Waals surface area contributed by atoms with E-state index < -0.39 is 0 Å². The van der Waals surface area contributed by atoms with Crippen molar-refractivity contribution in [2.45, 2.75) is 90.4 Å². The molecule has 0 aliphatic carbocycles. The predicted octanol–water partition coefficient (Wildman–Crippen LogP) is 6.82. The molecular weight excluding hydrogens is 216 g/mol. The molecule has 0 fully saturated rings. The first kappa shape index (κ1) is 17.5. The van der Waals surface area contributed by atoms with Crippen LogP contribution in [0.4, 0.5) is 0 Å². The fourth-order valence-corrected chi connectivity index (χ4v) is 2.17. The van der Waals surface area contributed by atoms with E-state index in [1.54, 1.807) is 0 Å². The fraction of sp³-hybridized carbons (Fsp3) is 0.778. The summed E-state index contributed by atoms with van der Waals surface area (Å²) in [7, 11) is 0. The van der Waals surface area contributed by atoms with E-state index in [0.717, 1.165) is 0 Å².